The van der Waals surface area contributed by atoms with Gasteiger partial charge in [-0.1, -0.05) is 18.2 Å². The van der Waals surface area contributed by atoms with Crippen LogP contribution in [0.5, 0.6) is 5.75 Å². The van der Waals surface area contributed by atoms with Crippen LogP contribution in [-0.4, -0.2) is 68.1 Å². The van der Waals surface area contributed by atoms with Gasteiger partial charge in [0.15, 0.2) is 0 Å². The van der Waals surface area contributed by atoms with Gasteiger partial charge in [0.2, 0.25) is 5.91 Å². The topological polar surface area (TPSA) is 36.0 Å². The Morgan fingerprint density at radius 1 is 1.10 bits per heavy atom. The van der Waals surface area contributed by atoms with Crippen molar-refractivity contribution in [1.82, 2.24) is 9.80 Å². The normalized spacial score (nSPS) is 20.4. The maximum absolute atomic E-state index is 12.8. The summed E-state index contributed by atoms with van der Waals surface area (Å²) in [5, 5.41) is 2.11. The second kappa shape index (κ2) is 10.3. The summed E-state index contributed by atoms with van der Waals surface area (Å²) < 4.78 is 5.54. The molecule has 0 aliphatic carbocycles. The molecule has 6 heteroatoms. The van der Waals surface area contributed by atoms with Crippen LogP contribution in [0.25, 0.3) is 0 Å². The summed E-state index contributed by atoms with van der Waals surface area (Å²) in [4.78, 5) is 21.3. The van der Waals surface area contributed by atoms with Gasteiger partial charge in [0.1, 0.15) is 5.75 Å². The molecule has 1 atom stereocenters. The number of piperazine rings is 1. The highest BCUT2D eigenvalue weighted by Crippen LogP contribution is 2.29. The molecule has 0 unspecified atom stereocenters. The number of nitrogens with zero attached hydrogens (tertiary/aromatic N) is 3. The summed E-state index contributed by atoms with van der Waals surface area (Å²) in [6, 6.07) is 13.0. The average molecular weight is 428 g/mol. The lowest BCUT2D eigenvalue weighted by Crippen LogP contribution is -2.55. The Hall–Kier alpha value is -2.05. The zero-order chi connectivity index (χ0) is 20.8. The van der Waals surface area contributed by atoms with Crippen molar-refractivity contribution in [1.29, 1.82) is 0 Å². The van der Waals surface area contributed by atoms with Crippen LogP contribution in [0.4, 0.5) is 5.69 Å². The summed E-state index contributed by atoms with van der Waals surface area (Å²) in [6.45, 7) is 5.92. The molecule has 1 aromatic carbocycles. The molecule has 2 aliphatic heterocycles. The molecule has 0 N–H and O–H groups in total. The summed E-state index contributed by atoms with van der Waals surface area (Å²) in [5.74, 6) is 1.28. The van der Waals surface area contributed by atoms with Crippen LogP contribution in [0, 0.1) is 0 Å². The van der Waals surface area contributed by atoms with Crippen LogP contribution in [0.15, 0.2) is 41.8 Å². The number of para-hydroxylation sites is 2. The van der Waals surface area contributed by atoms with Gasteiger partial charge in [-0.2, -0.15) is 0 Å². The fourth-order valence-corrected chi connectivity index (χ4v) is 5.48. The van der Waals surface area contributed by atoms with E-state index in [4.69, 9.17) is 4.74 Å². The van der Waals surface area contributed by atoms with Crippen molar-refractivity contribution in [3.8, 4) is 5.75 Å². The first-order valence-corrected chi connectivity index (χ1v) is 12.0. The third-order valence-electron chi connectivity index (χ3n) is 6.40. The quantitative estimate of drug-likeness (QED) is 0.672. The van der Waals surface area contributed by atoms with Crippen LogP contribution < -0.4 is 9.64 Å². The zero-order valence-corrected chi connectivity index (χ0v) is 18.8. The number of methoxy groups -OCH3 is 1. The third kappa shape index (κ3) is 5.16. The molecule has 1 aromatic heterocycles. The molecule has 0 bridgehead atoms. The highest BCUT2D eigenvalue weighted by atomic mass is 32.1. The van der Waals surface area contributed by atoms with Gasteiger partial charge >= 0.3 is 0 Å². The number of likely N-dealkylation sites (tertiary alicyclic amines) is 1. The Morgan fingerprint density at radius 3 is 2.70 bits per heavy atom. The van der Waals surface area contributed by atoms with Crippen LogP contribution >= 0.6 is 11.3 Å². The molecule has 5 nitrogen and oxygen atoms in total. The van der Waals surface area contributed by atoms with Gasteiger partial charge in [-0.25, -0.2) is 0 Å². The van der Waals surface area contributed by atoms with Crippen molar-refractivity contribution in [3.05, 3.63) is 46.7 Å². The second-order valence-corrected chi connectivity index (χ2v) is 9.30. The van der Waals surface area contributed by atoms with Gasteiger partial charge in [-0.05, 0) is 49.3 Å². The molecule has 2 fully saturated rings. The number of piperidine rings is 1. The number of carbonyl (C=O) groups is 1. The highest BCUT2D eigenvalue weighted by Gasteiger charge is 2.30. The third-order valence-corrected chi connectivity index (χ3v) is 7.34. The van der Waals surface area contributed by atoms with Crippen molar-refractivity contribution in [3.63, 3.8) is 0 Å². The number of aryl methyl sites for hydroxylation is 1. The van der Waals surface area contributed by atoms with Crippen molar-refractivity contribution < 1.29 is 9.53 Å². The van der Waals surface area contributed by atoms with E-state index in [2.05, 4.69) is 44.3 Å². The number of rotatable bonds is 7. The number of thiophene rings is 1. The lowest BCUT2D eigenvalue weighted by Gasteiger charge is -2.44. The van der Waals surface area contributed by atoms with Crippen LogP contribution in [-0.2, 0) is 11.2 Å². The van der Waals surface area contributed by atoms with Crippen molar-refractivity contribution in [2.24, 2.45) is 0 Å². The summed E-state index contributed by atoms with van der Waals surface area (Å²) in [6.07, 6.45) is 4.97. The van der Waals surface area contributed by atoms with Gasteiger partial charge in [0.05, 0.1) is 12.8 Å². The predicted molar refractivity (Wildman–Crippen MR) is 124 cm³/mol. The SMILES string of the molecule is COc1ccccc1N1CCN([C@H]2CCCN(C(=O)CCCc3cccs3)C2)CC1. The lowest BCUT2D eigenvalue weighted by molar-refractivity contribution is -0.133. The molecule has 0 spiro atoms. The fraction of sp³-hybridized carbons (Fsp3) is 0.542. The molecule has 0 radical (unpaired) electrons. The molecular formula is C24H33N3O2S. The van der Waals surface area contributed by atoms with Gasteiger partial charge < -0.3 is 14.5 Å². The Bertz CT molecular complexity index is 803. The number of benzene rings is 1. The monoisotopic (exact) mass is 427 g/mol. The molecule has 2 aliphatic rings. The van der Waals surface area contributed by atoms with Gasteiger partial charge in [-0.15, -0.1) is 11.3 Å². The van der Waals surface area contributed by atoms with Gasteiger partial charge in [0, 0.05) is 56.6 Å². The highest BCUT2D eigenvalue weighted by molar-refractivity contribution is 7.09. The maximum Gasteiger partial charge on any atom is 0.222 e. The molecule has 4 rings (SSSR count). The van der Waals surface area contributed by atoms with E-state index in [1.54, 1.807) is 18.4 Å². The molecule has 3 heterocycles. The van der Waals surface area contributed by atoms with E-state index in [1.165, 1.54) is 17.0 Å². The number of carbonyl (C=O) groups excluding carboxylic acids is 1. The molecule has 162 valence electrons. The van der Waals surface area contributed by atoms with E-state index in [-0.39, 0.29) is 0 Å². The first-order chi connectivity index (χ1) is 14.7. The Morgan fingerprint density at radius 2 is 1.93 bits per heavy atom. The fourth-order valence-electron chi connectivity index (χ4n) is 4.73. The minimum Gasteiger partial charge on any atom is -0.495 e. The molecule has 0 saturated carbocycles. The largest absolute Gasteiger partial charge is 0.495 e. The zero-order valence-electron chi connectivity index (χ0n) is 18.0. The summed E-state index contributed by atoms with van der Waals surface area (Å²) in [7, 11) is 1.74. The standard InChI is InChI=1S/C24H33N3O2S/c1-29-23-11-3-2-10-22(23)26-16-14-25(15-17-26)20-7-5-13-27(19-20)24(28)12-4-8-21-9-6-18-30-21/h2-3,6,9-11,18,20H,4-5,7-8,12-17,19H2,1H3/t20-/m0/s1. The van der Waals surface area contributed by atoms with E-state index < -0.39 is 0 Å². The number of ether oxygens (including phenoxy) is 1. The van der Waals surface area contributed by atoms with Crippen LogP contribution in [0.2, 0.25) is 0 Å². The van der Waals surface area contributed by atoms with E-state index in [0.29, 0.717) is 18.4 Å². The number of hydrogen-bond acceptors (Lipinski definition) is 5. The first-order valence-electron chi connectivity index (χ1n) is 11.2. The molecule has 2 aromatic rings. The molecule has 2 saturated heterocycles. The number of amides is 1. The van der Waals surface area contributed by atoms with Gasteiger partial charge in [0.25, 0.3) is 0 Å². The van der Waals surface area contributed by atoms with Crippen LogP contribution in [0.1, 0.15) is 30.6 Å². The molecular weight excluding hydrogens is 394 g/mol. The number of hydrogen-bond donors (Lipinski definition) is 0. The average Bonchev–Trinajstić information content (AvgIpc) is 3.33. The number of anilines is 1. The van der Waals surface area contributed by atoms with Gasteiger partial charge in [-0.3, -0.25) is 9.69 Å². The molecule has 1 amide bonds. The van der Waals surface area contributed by atoms with Crippen molar-refractivity contribution in [2.75, 3.05) is 51.3 Å². The lowest BCUT2D eigenvalue weighted by atomic mass is 10.0. The predicted octanol–water partition coefficient (Wildman–Crippen LogP) is 3.89. The second-order valence-electron chi connectivity index (χ2n) is 8.26. The maximum atomic E-state index is 12.8. The summed E-state index contributed by atoms with van der Waals surface area (Å²) >= 11 is 1.79. The van der Waals surface area contributed by atoms with E-state index in [1.807, 2.05) is 12.1 Å². The minimum absolute atomic E-state index is 0.337. The van der Waals surface area contributed by atoms with E-state index >= 15 is 0 Å². The summed E-state index contributed by atoms with van der Waals surface area (Å²) in [5.41, 5.74) is 1.19. The van der Waals surface area contributed by atoms with Crippen LogP contribution in [0.3, 0.4) is 0 Å². The van der Waals surface area contributed by atoms with Crippen molar-refractivity contribution in [2.45, 2.75) is 38.1 Å². The Balaban J connectivity index is 1.25. The molecule has 30 heavy (non-hydrogen) atoms. The van der Waals surface area contributed by atoms with E-state index in [0.717, 1.165) is 64.3 Å². The Labute approximate surface area is 184 Å². The minimum atomic E-state index is 0.337. The van der Waals surface area contributed by atoms with E-state index in [9.17, 15) is 4.79 Å². The van der Waals surface area contributed by atoms with Crippen molar-refractivity contribution >= 4 is 22.9 Å². The Kier molecular flexibility index (Phi) is 7.28. The first kappa shape index (κ1) is 21.2. The smallest absolute Gasteiger partial charge is 0.222 e.